The number of allylic oxidation sites excluding steroid dienone is 2. The fourth-order valence-corrected chi connectivity index (χ4v) is 4.10. The third-order valence-electron chi connectivity index (χ3n) is 4.61. The summed E-state index contributed by atoms with van der Waals surface area (Å²) in [7, 11) is 2.73. The van der Waals surface area contributed by atoms with E-state index in [1.807, 2.05) is 0 Å². The molecule has 1 spiro atoms. The monoisotopic (exact) mass is 348 g/mol. The SMILES string of the molecule is C/C(P)=C1\CC2(CCC1=N)Cc1ccc(Br)cc1C2=N. The second-order valence-corrected chi connectivity index (χ2v) is 7.73. The van der Waals surface area contributed by atoms with E-state index < -0.39 is 0 Å². The number of halogens is 1. The van der Waals surface area contributed by atoms with Gasteiger partial charge in [0.25, 0.3) is 0 Å². The molecule has 0 aliphatic heterocycles. The second-order valence-electron chi connectivity index (χ2n) is 5.95. The van der Waals surface area contributed by atoms with Gasteiger partial charge in [0.2, 0.25) is 0 Å². The number of benzene rings is 1. The minimum atomic E-state index is -0.0825. The van der Waals surface area contributed by atoms with Crippen LogP contribution in [-0.4, -0.2) is 11.4 Å². The molecule has 0 bridgehead atoms. The predicted molar refractivity (Wildman–Crippen MR) is 91.1 cm³/mol. The molecule has 4 heteroatoms. The fourth-order valence-electron chi connectivity index (χ4n) is 3.46. The smallest absolute Gasteiger partial charge is 0.0457 e. The van der Waals surface area contributed by atoms with Crippen LogP contribution in [0.25, 0.3) is 0 Å². The molecule has 2 atom stereocenters. The van der Waals surface area contributed by atoms with Crippen LogP contribution in [0.2, 0.25) is 0 Å². The van der Waals surface area contributed by atoms with Crippen molar-refractivity contribution in [3.63, 3.8) is 0 Å². The molecule has 2 unspecified atom stereocenters. The van der Waals surface area contributed by atoms with Gasteiger partial charge < -0.3 is 10.8 Å². The molecule has 0 amide bonds. The summed E-state index contributed by atoms with van der Waals surface area (Å²) in [4.78, 5) is 0. The largest absolute Gasteiger partial charge is 0.305 e. The Morgan fingerprint density at radius 3 is 2.75 bits per heavy atom. The number of rotatable bonds is 0. The van der Waals surface area contributed by atoms with E-state index in [1.165, 1.54) is 5.56 Å². The van der Waals surface area contributed by atoms with Gasteiger partial charge in [-0.15, -0.1) is 9.24 Å². The highest BCUT2D eigenvalue weighted by Gasteiger charge is 2.45. The van der Waals surface area contributed by atoms with Gasteiger partial charge in [-0.2, -0.15) is 0 Å². The van der Waals surface area contributed by atoms with E-state index in [-0.39, 0.29) is 5.41 Å². The molecule has 2 aliphatic carbocycles. The lowest BCUT2D eigenvalue weighted by Gasteiger charge is -2.36. The Morgan fingerprint density at radius 1 is 1.30 bits per heavy atom. The van der Waals surface area contributed by atoms with Crippen molar-refractivity contribution < 1.29 is 0 Å². The quantitative estimate of drug-likeness (QED) is 0.637. The van der Waals surface area contributed by atoms with Crippen molar-refractivity contribution in [1.82, 2.24) is 0 Å². The summed E-state index contributed by atoms with van der Waals surface area (Å²) in [5, 5.41) is 17.9. The van der Waals surface area contributed by atoms with Crippen LogP contribution in [0.5, 0.6) is 0 Å². The van der Waals surface area contributed by atoms with Crippen LogP contribution in [0.1, 0.15) is 37.3 Å². The number of fused-ring (bicyclic) bond motifs is 1. The van der Waals surface area contributed by atoms with E-state index in [0.29, 0.717) is 0 Å². The van der Waals surface area contributed by atoms with Crippen molar-refractivity contribution >= 4 is 36.6 Å². The molecule has 2 aliphatic rings. The molecular weight excluding hydrogens is 331 g/mol. The summed E-state index contributed by atoms with van der Waals surface area (Å²) >= 11 is 3.51. The average molecular weight is 349 g/mol. The van der Waals surface area contributed by atoms with E-state index in [1.54, 1.807) is 0 Å². The first kappa shape index (κ1) is 14.2. The molecule has 0 aromatic heterocycles. The molecule has 104 valence electrons. The molecule has 0 radical (unpaired) electrons. The lowest BCUT2D eigenvalue weighted by atomic mass is 9.68. The van der Waals surface area contributed by atoms with Gasteiger partial charge in [-0.1, -0.05) is 27.3 Å². The first-order chi connectivity index (χ1) is 9.43. The molecule has 1 aromatic carbocycles. The van der Waals surface area contributed by atoms with Crippen molar-refractivity contribution in [2.24, 2.45) is 5.41 Å². The van der Waals surface area contributed by atoms with Crippen molar-refractivity contribution in [2.45, 2.75) is 32.6 Å². The van der Waals surface area contributed by atoms with Crippen LogP contribution in [0, 0.1) is 16.2 Å². The van der Waals surface area contributed by atoms with Crippen molar-refractivity contribution in [3.8, 4) is 0 Å². The standard InChI is InChI=1S/C16H18BrN2P/c1-9(20)13-8-16(5-4-14(13)18)7-10-2-3-11(17)6-12(10)15(16)19/h2-3,6,18-19H,4-5,7-8,20H2,1H3/b13-9-,18-14?,19-15?. The summed E-state index contributed by atoms with van der Waals surface area (Å²) in [6, 6.07) is 6.27. The molecule has 20 heavy (non-hydrogen) atoms. The van der Waals surface area contributed by atoms with Gasteiger partial charge in [0.15, 0.2) is 0 Å². The van der Waals surface area contributed by atoms with E-state index in [2.05, 4.69) is 50.3 Å². The van der Waals surface area contributed by atoms with Crippen LogP contribution >= 0.6 is 25.2 Å². The topological polar surface area (TPSA) is 47.7 Å². The fraction of sp³-hybridized carbons (Fsp3) is 0.375. The Kier molecular flexibility index (Phi) is 3.46. The second kappa shape index (κ2) is 4.89. The van der Waals surface area contributed by atoms with Gasteiger partial charge in [-0.25, -0.2) is 0 Å². The highest BCUT2D eigenvalue weighted by Crippen LogP contribution is 2.49. The van der Waals surface area contributed by atoms with E-state index in [4.69, 9.17) is 10.8 Å². The predicted octanol–water partition coefficient (Wildman–Crippen LogP) is 4.71. The van der Waals surface area contributed by atoms with Gasteiger partial charge in [-0.05, 0) is 55.9 Å². The van der Waals surface area contributed by atoms with Gasteiger partial charge in [0.05, 0.1) is 0 Å². The minimum Gasteiger partial charge on any atom is -0.305 e. The third-order valence-corrected chi connectivity index (χ3v) is 5.45. The summed E-state index contributed by atoms with van der Waals surface area (Å²) in [5.74, 6) is 0. The molecule has 3 rings (SSSR count). The van der Waals surface area contributed by atoms with Crippen molar-refractivity contribution in [1.29, 1.82) is 10.8 Å². The van der Waals surface area contributed by atoms with Gasteiger partial charge in [0.1, 0.15) is 0 Å². The van der Waals surface area contributed by atoms with E-state index in [0.717, 1.165) is 58.0 Å². The zero-order valence-corrected chi connectivity index (χ0v) is 14.3. The number of hydrogen-bond donors (Lipinski definition) is 2. The lowest BCUT2D eigenvalue weighted by Crippen LogP contribution is -2.34. The Labute approximate surface area is 130 Å². The average Bonchev–Trinajstić information content (AvgIpc) is 2.66. The van der Waals surface area contributed by atoms with Crippen molar-refractivity contribution in [2.75, 3.05) is 0 Å². The molecular formula is C16H18BrN2P. The Morgan fingerprint density at radius 2 is 2.05 bits per heavy atom. The van der Waals surface area contributed by atoms with Gasteiger partial charge in [-0.3, -0.25) is 0 Å². The molecule has 2 nitrogen and oxygen atoms in total. The Hall–Kier alpha value is -0.790. The van der Waals surface area contributed by atoms with Crippen LogP contribution < -0.4 is 0 Å². The van der Waals surface area contributed by atoms with E-state index in [9.17, 15) is 0 Å². The molecule has 2 N–H and O–H groups in total. The summed E-state index contributed by atoms with van der Waals surface area (Å²) in [6.07, 6.45) is 3.51. The number of hydrogen-bond acceptors (Lipinski definition) is 2. The van der Waals surface area contributed by atoms with Crippen LogP contribution in [0.4, 0.5) is 0 Å². The molecule has 0 heterocycles. The van der Waals surface area contributed by atoms with Gasteiger partial charge >= 0.3 is 0 Å². The van der Waals surface area contributed by atoms with Crippen molar-refractivity contribution in [3.05, 3.63) is 44.7 Å². The third kappa shape index (κ3) is 2.12. The van der Waals surface area contributed by atoms with Gasteiger partial charge in [0, 0.05) is 26.9 Å². The van der Waals surface area contributed by atoms with E-state index >= 15 is 0 Å². The summed E-state index contributed by atoms with van der Waals surface area (Å²) < 4.78 is 1.04. The number of nitrogens with one attached hydrogen (secondary N) is 2. The maximum atomic E-state index is 8.65. The Bertz CT molecular complexity index is 658. The first-order valence-electron chi connectivity index (χ1n) is 6.84. The van der Waals surface area contributed by atoms with Crippen LogP contribution in [0.3, 0.4) is 0 Å². The molecule has 1 saturated carbocycles. The highest BCUT2D eigenvalue weighted by molar-refractivity contribution is 9.10. The molecule has 0 saturated heterocycles. The normalized spacial score (nSPS) is 27.9. The molecule has 1 fully saturated rings. The zero-order chi connectivity index (χ0) is 14.5. The zero-order valence-electron chi connectivity index (χ0n) is 11.5. The Balaban J connectivity index is 2.03. The first-order valence-corrected chi connectivity index (χ1v) is 8.21. The highest BCUT2D eigenvalue weighted by atomic mass is 79.9. The lowest BCUT2D eigenvalue weighted by molar-refractivity contribution is 0.386. The van der Waals surface area contributed by atoms with Crippen LogP contribution in [0.15, 0.2) is 33.6 Å². The summed E-state index contributed by atoms with van der Waals surface area (Å²) in [6.45, 7) is 2.05. The minimum absolute atomic E-state index is 0.0825. The maximum Gasteiger partial charge on any atom is 0.0457 e. The maximum absolute atomic E-state index is 8.65. The van der Waals surface area contributed by atoms with Crippen LogP contribution in [-0.2, 0) is 6.42 Å². The summed E-state index contributed by atoms with van der Waals surface area (Å²) in [5.41, 5.74) is 4.96. The molecule has 1 aromatic rings.